The van der Waals surface area contributed by atoms with Crippen LogP contribution in [0.1, 0.15) is 32.3 Å². The van der Waals surface area contributed by atoms with Crippen molar-refractivity contribution in [2.24, 2.45) is 5.92 Å². The number of hydrogen-bond donors (Lipinski definition) is 1. The van der Waals surface area contributed by atoms with Crippen LogP contribution >= 0.6 is 0 Å². The van der Waals surface area contributed by atoms with Gasteiger partial charge in [0.2, 0.25) is 5.91 Å². The Labute approximate surface area is 156 Å². The summed E-state index contributed by atoms with van der Waals surface area (Å²) in [5, 5.41) is 3.02. The maximum absolute atomic E-state index is 12.5. The zero-order valence-electron chi connectivity index (χ0n) is 16.2. The minimum Gasteiger partial charge on any atom is -0.496 e. The van der Waals surface area contributed by atoms with Crippen LogP contribution in [0.3, 0.4) is 0 Å². The fourth-order valence-electron chi connectivity index (χ4n) is 3.43. The molecule has 0 bridgehead atoms. The van der Waals surface area contributed by atoms with Crippen molar-refractivity contribution in [2.75, 3.05) is 39.8 Å². The van der Waals surface area contributed by atoms with Crippen LogP contribution in [0.5, 0.6) is 5.75 Å². The van der Waals surface area contributed by atoms with Crippen molar-refractivity contribution < 1.29 is 14.3 Å². The Morgan fingerprint density at radius 1 is 1.27 bits per heavy atom. The molecule has 0 unspecified atom stereocenters. The number of urea groups is 1. The lowest BCUT2D eigenvalue weighted by Gasteiger charge is -2.35. The number of carbonyl (C=O) groups is 2. The number of methoxy groups -OCH3 is 1. The summed E-state index contributed by atoms with van der Waals surface area (Å²) in [6.07, 6.45) is 2.44. The Morgan fingerprint density at radius 2 is 2.00 bits per heavy atom. The van der Waals surface area contributed by atoms with Crippen molar-refractivity contribution >= 4 is 11.9 Å². The molecule has 0 aliphatic carbocycles. The minimum absolute atomic E-state index is 0.0388. The Hall–Kier alpha value is -2.24. The molecule has 0 saturated carbocycles. The Balaban J connectivity index is 1.84. The van der Waals surface area contributed by atoms with Gasteiger partial charge >= 0.3 is 6.03 Å². The lowest BCUT2D eigenvalue weighted by molar-refractivity contribution is -0.126. The number of nitrogens with one attached hydrogen (secondary N) is 1. The molecule has 26 heavy (non-hydrogen) atoms. The van der Waals surface area contributed by atoms with Crippen LogP contribution < -0.4 is 10.1 Å². The lowest BCUT2D eigenvalue weighted by atomic mass is 9.97. The van der Waals surface area contributed by atoms with Gasteiger partial charge in [0.15, 0.2) is 0 Å². The number of hydrogen-bond acceptors (Lipinski definition) is 3. The quantitative estimate of drug-likeness (QED) is 0.812. The minimum atomic E-state index is -0.124. The number of carbonyl (C=O) groups excluding carboxylic acids is 2. The van der Waals surface area contributed by atoms with Gasteiger partial charge in [0.1, 0.15) is 5.75 Å². The second-order valence-electron chi connectivity index (χ2n) is 6.59. The number of piperidine rings is 1. The first-order valence-corrected chi connectivity index (χ1v) is 9.54. The third-order valence-electron chi connectivity index (χ3n) is 4.98. The van der Waals surface area contributed by atoms with E-state index in [9.17, 15) is 9.59 Å². The fraction of sp³-hybridized carbons (Fsp3) is 0.600. The van der Waals surface area contributed by atoms with E-state index in [1.807, 2.05) is 47.9 Å². The van der Waals surface area contributed by atoms with E-state index >= 15 is 0 Å². The first-order chi connectivity index (χ1) is 12.6. The largest absolute Gasteiger partial charge is 0.496 e. The van der Waals surface area contributed by atoms with Crippen LogP contribution in [0.4, 0.5) is 4.79 Å². The summed E-state index contributed by atoms with van der Waals surface area (Å²) in [5.41, 5.74) is 1.08. The van der Waals surface area contributed by atoms with Gasteiger partial charge in [-0.15, -0.1) is 0 Å². The van der Waals surface area contributed by atoms with Crippen molar-refractivity contribution in [3.8, 4) is 5.75 Å². The zero-order chi connectivity index (χ0) is 18.9. The third-order valence-corrected chi connectivity index (χ3v) is 4.98. The Bertz CT molecular complexity index is 602. The lowest BCUT2D eigenvalue weighted by Crippen LogP contribution is -2.50. The summed E-state index contributed by atoms with van der Waals surface area (Å²) in [5.74, 6) is 0.758. The van der Waals surface area contributed by atoms with E-state index in [2.05, 4.69) is 5.32 Å². The second kappa shape index (κ2) is 10.0. The second-order valence-corrected chi connectivity index (χ2v) is 6.59. The number of amides is 3. The molecule has 3 amide bonds. The van der Waals surface area contributed by atoms with Crippen LogP contribution in [0.2, 0.25) is 0 Å². The average molecular weight is 361 g/mol. The van der Waals surface area contributed by atoms with Gasteiger partial charge in [0.25, 0.3) is 0 Å². The molecular formula is C20H31N3O3. The zero-order valence-corrected chi connectivity index (χ0v) is 16.2. The number of nitrogens with zero attached hydrogens (tertiary/aromatic N) is 2. The molecule has 144 valence electrons. The first-order valence-electron chi connectivity index (χ1n) is 9.54. The van der Waals surface area contributed by atoms with Gasteiger partial charge < -0.3 is 19.9 Å². The number of benzene rings is 1. The van der Waals surface area contributed by atoms with E-state index in [-0.39, 0.29) is 17.9 Å². The van der Waals surface area contributed by atoms with Crippen molar-refractivity contribution in [3.05, 3.63) is 29.8 Å². The normalized spacial score (nSPS) is 16.9. The fourth-order valence-corrected chi connectivity index (χ4v) is 3.43. The average Bonchev–Trinajstić information content (AvgIpc) is 2.69. The first kappa shape index (κ1) is 20.1. The van der Waals surface area contributed by atoms with Gasteiger partial charge in [-0.1, -0.05) is 18.2 Å². The van der Waals surface area contributed by atoms with E-state index in [4.69, 9.17) is 4.74 Å². The van der Waals surface area contributed by atoms with Gasteiger partial charge in [0, 0.05) is 32.7 Å². The molecule has 1 atom stereocenters. The van der Waals surface area contributed by atoms with Crippen molar-refractivity contribution in [2.45, 2.75) is 33.1 Å². The maximum Gasteiger partial charge on any atom is 0.320 e. The molecule has 1 aliphatic rings. The van der Waals surface area contributed by atoms with E-state index in [1.165, 1.54) is 0 Å². The van der Waals surface area contributed by atoms with Crippen LogP contribution in [0.25, 0.3) is 0 Å². The predicted molar refractivity (Wildman–Crippen MR) is 102 cm³/mol. The molecular weight excluding hydrogens is 330 g/mol. The standard InChI is InChI=1S/C20H31N3O3/c1-4-22(5-2)20(25)23-14-8-10-17(15-23)19(24)21-13-12-16-9-6-7-11-18(16)26-3/h6-7,9,11,17H,4-5,8,10,12-15H2,1-3H3,(H,21,24)/t17-/m1/s1. The molecule has 1 saturated heterocycles. The van der Waals surface area contributed by atoms with Crippen molar-refractivity contribution in [3.63, 3.8) is 0 Å². The highest BCUT2D eigenvalue weighted by Crippen LogP contribution is 2.19. The molecule has 6 nitrogen and oxygen atoms in total. The van der Waals surface area contributed by atoms with Gasteiger partial charge in [0.05, 0.1) is 13.0 Å². The van der Waals surface area contributed by atoms with E-state index < -0.39 is 0 Å². The molecule has 0 radical (unpaired) electrons. The molecule has 1 N–H and O–H groups in total. The summed E-state index contributed by atoms with van der Waals surface area (Å²) in [6.45, 7) is 7.17. The number of ether oxygens (including phenoxy) is 1. The summed E-state index contributed by atoms with van der Waals surface area (Å²) in [6, 6.07) is 7.88. The predicted octanol–water partition coefficient (Wildman–Crippen LogP) is 2.53. The number of para-hydroxylation sites is 1. The third kappa shape index (κ3) is 5.13. The van der Waals surface area contributed by atoms with E-state index in [0.29, 0.717) is 26.2 Å². The van der Waals surface area contributed by atoms with Crippen LogP contribution in [0.15, 0.2) is 24.3 Å². The molecule has 1 heterocycles. The molecule has 1 aromatic carbocycles. The van der Waals surface area contributed by atoms with Gasteiger partial charge in [-0.25, -0.2) is 4.79 Å². The van der Waals surface area contributed by atoms with Gasteiger partial charge in [-0.3, -0.25) is 4.79 Å². The van der Waals surface area contributed by atoms with Crippen molar-refractivity contribution in [1.29, 1.82) is 0 Å². The number of rotatable bonds is 7. The summed E-state index contributed by atoms with van der Waals surface area (Å²) in [4.78, 5) is 28.7. The van der Waals surface area contributed by atoms with Crippen LogP contribution in [-0.2, 0) is 11.2 Å². The molecule has 1 aromatic rings. The summed E-state index contributed by atoms with van der Waals surface area (Å²) >= 11 is 0. The Kier molecular flexibility index (Phi) is 7.75. The number of likely N-dealkylation sites (tertiary alicyclic amines) is 1. The van der Waals surface area contributed by atoms with Crippen LogP contribution in [-0.4, -0.2) is 61.6 Å². The SMILES string of the molecule is CCN(CC)C(=O)N1CCC[C@@H](C(=O)NCCc2ccccc2OC)C1. The molecule has 2 rings (SSSR count). The Morgan fingerprint density at radius 3 is 2.69 bits per heavy atom. The highest BCUT2D eigenvalue weighted by Gasteiger charge is 2.29. The smallest absolute Gasteiger partial charge is 0.320 e. The van der Waals surface area contributed by atoms with E-state index in [1.54, 1.807) is 7.11 Å². The van der Waals surface area contributed by atoms with Gasteiger partial charge in [-0.2, -0.15) is 0 Å². The molecule has 0 aromatic heterocycles. The molecule has 0 spiro atoms. The molecule has 1 fully saturated rings. The van der Waals surface area contributed by atoms with Gasteiger partial charge in [-0.05, 0) is 44.7 Å². The highest BCUT2D eigenvalue weighted by molar-refractivity contribution is 5.80. The molecule has 1 aliphatic heterocycles. The van der Waals surface area contributed by atoms with Crippen LogP contribution in [0, 0.1) is 5.92 Å². The van der Waals surface area contributed by atoms with Crippen molar-refractivity contribution in [1.82, 2.24) is 15.1 Å². The maximum atomic E-state index is 12.5. The summed E-state index contributed by atoms with van der Waals surface area (Å²) < 4.78 is 5.34. The highest BCUT2D eigenvalue weighted by atomic mass is 16.5. The summed E-state index contributed by atoms with van der Waals surface area (Å²) in [7, 11) is 1.65. The van der Waals surface area contributed by atoms with E-state index in [0.717, 1.165) is 37.1 Å². The monoisotopic (exact) mass is 361 g/mol. The molecule has 6 heteroatoms. The topological polar surface area (TPSA) is 61.9 Å².